The third-order valence-electron chi connectivity index (χ3n) is 4.17. The highest BCUT2D eigenvalue weighted by molar-refractivity contribution is 6.04. The van der Waals surface area contributed by atoms with E-state index in [9.17, 15) is 14.4 Å². The van der Waals surface area contributed by atoms with Crippen molar-refractivity contribution in [1.82, 2.24) is 5.32 Å². The molecular formula is C20H19NO6. The first-order valence-corrected chi connectivity index (χ1v) is 8.60. The number of nitrogens with one attached hydrogen (secondary N) is 1. The Bertz CT molecular complexity index is 1060. The van der Waals surface area contributed by atoms with Gasteiger partial charge < -0.3 is 19.6 Å². The van der Waals surface area contributed by atoms with Gasteiger partial charge in [0, 0.05) is 11.5 Å². The Labute approximate surface area is 154 Å². The smallest absolute Gasteiger partial charge is 0.344 e. The molecule has 27 heavy (non-hydrogen) atoms. The monoisotopic (exact) mass is 369 g/mol. The van der Waals surface area contributed by atoms with E-state index in [0.717, 1.165) is 10.8 Å². The van der Waals surface area contributed by atoms with Gasteiger partial charge in [-0.1, -0.05) is 31.5 Å². The van der Waals surface area contributed by atoms with Crippen LogP contribution < -0.4 is 15.7 Å². The predicted molar refractivity (Wildman–Crippen MR) is 100.0 cm³/mol. The zero-order valence-corrected chi connectivity index (χ0v) is 14.7. The Morgan fingerprint density at radius 3 is 2.59 bits per heavy atom. The van der Waals surface area contributed by atoms with Crippen LogP contribution in [0.4, 0.5) is 0 Å². The molecule has 1 heterocycles. The molecular weight excluding hydrogens is 350 g/mol. The highest BCUT2D eigenvalue weighted by atomic mass is 16.5. The lowest BCUT2D eigenvalue weighted by atomic mass is 10.1. The van der Waals surface area contributed by atoms with Gasteiger partial charge in [-0.2, -0.15) is 0 Å². The Kier molecular flexibility index (Phi) is 5.40. The minimum Gasteiger partial charge on any atom is -0.484 e. The third kappa shape index (κ3) is 4.08. The third-order valence-corrected chi connectivity index (χ3v) is 4.17. The van der Waals surface area contributed by atoms with Crippen LogP contribution in [-0.4, -0.2) is 29.6 Å². The zero-order chi connectivity index (χ0) is 19.4. The van der Waals surface area contributed by atoms with Crippen LogP contribution in [-0.2, 0) is 9.59 Å². The average Bonchev–Trinajstić information content (AvgIpc) is 2.66. The van der Waals surface area contributed by atoms with E-state index in [1.807, 2.05) is 19.1 Å². The van der Waals surface area contributed by atoms with Crippen molar-refractivity contribution in [2.24, 2.45) is 0 Å². The Balaban J connectivity index is 1.76. The van der Waals surface area contributed by atoms with E-state index in [0.29, 0.717) is 29.6 Å². The van der Waals surface area contributed by atoms with Gasteiger partial charge in [0.1, 0.15) is 17.4 Å². The lowest BCUT2D eigenvalue weighted by Gasteiger charge is -2.14. The fourth-order valence-electron chi connectivity index (χ4n) is 2.88. The van der Waals surface area contributed by atoms with Crippen LogP contribution >= 0.6 is 0 Å². The second-order valence-corrected chi connectivity index (χ2v) is 6.13. The molecule has 0 bridgehead atoms. The van der Waals surface area contributed by atoms with E-state index in [1.54, 1.807) is 24.3 Å². The maximum Gasteiger partial charge on any atom is 0.344 e. The molecule has 0 saturated carbocycles. The number of benzene rings is 2. The number of hydrogen-bond acceptors (Lipinski definition) is 5. The van der Waals surface area contributed by atoms with Crippen molar-refractivity contribution < 1.29 is 23.8 Å². The Morgan fingerprint density at radius 2 is 1.89 bits per heavy atom. The summed E-state index contributed by atoms with van der Waals surface area (Å²) >= 11 is 0. The van der Waals surface area contributed by atoms with Crippen molar-refractivity contribution in [3.63, 3.8) is 0 Å². The first kappa shape index (κ1) is 18.4. The molecule has 140 valence electrons. The molecule has 7 nitrogen and oxygen atoms in total. The number of carboxylic acid groups (broad SMARTS) is 1. The maximum atomic E-state index is 12.1. The number of fused-ring (bicyclic) bond motifs is 3. The van der Waals surface area contributed by atoms with E-state index >= 15 is 0 Å². The van der Waals surface area contributed by atoms with Gasteiger partial charge in [0.05, 0.1) is 5.39 Å². The van der Waals surface area contributed by atoms with Crippen LogP contribution in [0.1, 0.15) is 19.8 Å². The minimum atomic E-state index is -1.08. The minimum absolute atomic E-state index is 0.336. The zero-order valence-electron chi connectivity index (χ0n) is 14.7. The summed E-state index contributed by atoms with van der Waals surface area (Å²) in [5, 5.41) is 13.5. The molecule has 2 aromatic carbocycles. The topological polar surface area (TPSA) is 106 Å². The summed E-state index contributed by atoms with van der Waals surface area (Å²) in [6, 6.07) is 11.2. The van der Waals surface area contributed by atoms with Crippen LogP contribution in [0, 0.1) is 0 Å². The molecule has 0 aliphatic heterocycles. The van der Waals surface area contributed by atoms with Crippen LogP contribution in [0.5, 0.6) is 5.75 Å². The number of aliphatic carboxylic acids is 1. The summed E-state index contributed by atoms with van der Waals surface area (Å²) in [6.07, 6.45) is 0.977. The first-order chi connectivity index (χ1) is 13.0. The van der Waals surface area contributed by atoms with E-state index in [-0.39, 0.29) is 6.61 Å². The molecule has 0 unspecified atom stereocenters. The molecule has 0 radical (unpaired) electrons. The van der Waals surface area contributed by atoms with E-state index in [1.165, 1.54) is 6.07 Å². The molecule has 0 spiro atoms. The fourth-order valence-corrected chi connectivity index (χ4v) is 2.88. The molecule has 0 aliphatic carbocycles. The van der Waals surface area contributed by atoms with Gasteiger partial charge in [0.15, 0.2) is 6.61 Å². The molecule has 0 fully saturated rings. The molecule has 1 amide bonds. The van der Waals surface area contributed by atoms with Crippen LogP contribution in [0.25, 0.3) is 21.7 Å². The van der Waals surface area contributed by atoms with Crippen LogP contribution in [0.2, 0.25) is 0 Å². The molecule has 1 aromatic heterocycles. The van der Waals surface area contributed by atoms with Gasteiger partial charge in [0.25, 0.3) is 5.91 Å². The summed E-state index contributed by atoms with van der Waals surface area (Å²) in [5.74, 6) is -1.26. The number of ether oxygens (including phenoxy) is 1. The molecule has 0 saturated heterocycles. The number of carbonyl (C=O) groups is 2. The highest BCUT2D eigenvalue weighted by Crippen LogP contribution is 2.26. The molecule has 0 aliphatic rings. The van der Waals surface area contributed by atoms with E-state index in [2.05, 4.69) is 5.32 Å². The van der Waals surface area contributed by atoms with Crippen molar-refractivity contribution in [1.29, 1.82) is 0 Å². The normalized spacial score (nSPS) is 12.0. The van der Waals surface area contributed by atoms with Crippen molar-refractivity contribution in [3.05, 3.63) is 52.9 Å². The summed E-state index contributed by atoms with van der Waals surface area (Å²) in [7, 11) is 0. The van der Waals surface area contributed by atoms with Gasteiger partial charge in [0.2, 0.25) is 0 Å². The number of hydrogen-bond donors (Lipinski definition) is 2. The first-order valence-electron chi connectivity index (χ1n) is 8.60. The SMILES string of the molecule is CCC[C@@H](NC(=O)COc1ccc2c(c1)oc(=O)c1ccccc12)C(=O)O. The van der Waals surface area contributed by atoms with Crippen LogP contribution in [0.3, 0.4) is 0 Å². The van der Waals surface area contributed by atoms with Gasteiger partial charge in [-0.25, -0.2) is 9.59 Å². The molecule has 3 aromatic rings. The number of carbonyl (C=O) groups excluding carboxylic acids is 1. The Hall–Kier alpha value is -3.35. The second kappa shape index (κ2) is 7.90. The van der Waals surface area contributed by atoms with Crippen molar-refractivity contribution in [2.45, 2.75) is 25.8 Å². The second-order valence-electron chi connectivity index (χ2n) is 6.13. The molecule has 1 atom stereocenters. The number of carboxylic acids is 1. The summed E-state index contributed by atoms with van der Waals surface area (Å²) < 4.78 is 10.8. The number of amides is 1. The molecule has 7 heteroatoms. The quantitative estimate of drug-likeness (QED) is 0.490. The summed E-state index contributed by atoms with van der Waals surface area (Å²) in [4.78, 5) is 35.1. The summed E-state index contributed by atoms with van der Waals surface area (Å²) in [5.41, 5.74) is -0.0946. The fraction of sp³-hybridized carbons (Fsp3) is 0.250. The molecule has 3 rings (SSSR count). The van der Waals surface area contributed by atoms with E-state index in [4.69, 9.17) is 14.3 Å². The standard InChI is InChI=1S/C20H19NO6/c1-2-5-16(19(23)24)21-18(22)11-26-12-8-9-14-13-6-3-4-7-15(13)20(25)27-17(14)10-12/h3-4,6-10,16H,2,5,11H2,1H3,(H,21,22)(H,23,24)/t16-/m1/s1. The van der Waals surface area contributed by atoms with Crippen molar-refractivity contribution >= 4 is 33.6 Å². The average molecular weight is 369 g/mol. The molecule has 2 N–H and O–H groups in total. The highest BCUT2D eigenvalue weighted by Gasteiger charge is 2.19. The largest absolute Gasteiger partial charge is 0.484 e. The van der Waals surface area contributed by atoms with Gasteiger partial charge in [-0.15, -0.1) is 0 Å². The lowest BCUT2D eigenvalue weighted by molar-refractivity contribution is -0.142. The lowest BCUT2D eigenvalue weighted by Crippen LogP contribution is -2.42. The Morgan fingerprint density at radius 1 is 1.15 bits per heavy atom. The van der Waals surface area contributed by atoms with Crippen molar-refractivity contribution in [2.75, 3.05) is 6.61 Å². The van der Waals surface area contributed by atoms with Gasteiger partial charge >= 0.3 is 11.6 Å². The van der Waals surface area contributed by atoms with E-state index < -0.39 is 23.5 Å². The van der Waals surface area contributed by atoms with Crippen LogP contribution in [0.15, 0.2) is 51.7 Å². The predicted octanol–water partition coefficient (Wildman–Crippen LogP) is 2.69. The van der Waals surface area contributed by atoms with Crippen molar-refractivity contribution in [3.8, 4) is 5.75 Å². The van der Waals surface area contributed by atoms with Gasteiger partial charge in [-0.05, 0) is 30.0 Å². The maximum absolute atomic E-state index is 12.1. The van der Waals surface area contributed by atoms with Gasteiger partial charge in [-0.3, -0.25) is 4.79 Å². The number of rotatable bonds is 7. The summed E-state index contributed by atoms with van der Waals surface area (Å²) in [6.45, 7) is 1.50.